The molecule has 2 heterocycles. The first-order valence-corrected chi connectivity index (χ1v) is 12.8. The van der Waals surface area contributed by atoms with Crippen molar-refractivity contribution in [1.29, 1.82) is 0 Å². The molecule has 2 aromatic carbocycles. The number of amides is 2. The van der Waals surface area contributed by atoms with Crippen LogP contribution in [0.15, 0.2) is 66.0 Å². The van der Waals surface area contributed by atoms with E-state index in [4.69, 9.17) is 4.74 Å². The molecule has 0 spiro atoms. The van der Waals surface area contributed by atoms with Crippen molar-refractivity contribution in [2.75, 3.05) is 7.11 Å². The summed E-state index contributed by atoms with van der Waals surface area (Å²) in [6.07, 6.45) is 0.757. The maximum Gasteiger partial charge on any atom is 0.248 e. The third-order valence-corrected chi connectivity index (χ3v) is 7.18. The summed E-state index contributed by atoms with van der Waals surface area (Å²) >= 11 is 1.46. The fourth-order valence-electron chi connectivity index (χ4n) is 3.87. The molecule has 0 fully saturated rings. The van der Waals surface area contributed by atoms with Crippen LogP contribution < -0.4 is 10.1 Å². The fourth-order valence-corrected chi connectivity index (χ4v) is 4.70. The number of aromatic nitrogens is 3. The predicted octanol–water partition coefficient (Wildman–Crippen LogP) is 4.58. The van der Waals surface area contributed by atoms with Crippen LogP contribution in [0.5, 0.6) is 5.75 Å². The van der Waals surface area contributed by atoms with Gasteiger partial charge in [0.2, 0.25) is 11.8 Å². The van der Waals surface area contributed by atoms with Gasteiger partial charge in [0.05, 0.1) is 12.6 Å². The highest BCUT2D eigenvalue weighted by Crippen LogP contribution is 2.29. The van der Waals surface area contributed by atoms with Crippen molar-refractivity contribution in [1.82, 2.24) is 25.2 Å². The average molecular weight is 506 g/mol. The van der Waals surface area contributed by atoms with E-state index in [0.29, 0.717) is 5.52 Å². The molecule has 4 rings (SSSR count). The highest BCUT2D eigenvalue weighted by atomic mass is 32.1. The summed E-state index contributed by atoms with van der Waals surface area (Å²) in [5.74, 6) is 0.280. The Morgan fingerprint density at radius 1 is 1.11 bits per heavy atom. The van der Waals surface area contributed by atoms with Crippen LogP contribution in [0.25, 0.3) is 11.0 Å². The van der Waals surface area contributed by atoms with Crippen molar-refractivity contribution in [3.05, 3.63) is 76.5 Å². The number of methoxy groups -OCH3 is 1. The maximum atomic E-state index is 13.9. The summed E-state index contributed by atoms with van der Waals surface area (Å²) in [6, 6.07) is 18.0. The standard InChI is InChI=1S/C27H31N5O3S/c1-5-27(2,3)28-26(34)25(23-11-8-16-36-23)31(17-19-12-14-20(35-4)15-13-19)24(33)18-32-22-10-7-6-9-21(22)29-30-32/h6-16,25H,5,17-18H2,1-4H3,(H,28,34). The Balaban J connectivity index is 1.72. The molecule has 0 radical (unpaired) electrons. The Hall–Kier alpha value is -3.72. The number of thiophene rings is 1. The first kappa shape index (κ1) is 25.4. The predicted molar refractivity (Wildman–Crippen MR) is 141 cm³/mol. The number of hydrogen-bond acceptors (Lipinski definition) is 6. The molecular weight excluding hydrogens is 474 g/mol. The van der Waals surface area contributed by atoms with Crippen LogP contribution in [0, 0.1) is 0 Å². The van der Waals surface area contributed by atoms with E-state index >= 15 is 0 Å². The largest absolute Gasteiger partial charge is 0.497 e. The summed E-state index contributed by atoms with van der Waals surface area (Å²) in [7, 11) is 1.61. The van der Waals surface area contributed by atoms with Gasteiger partial charge in [0.25, 0.3) is 0 Å². The third-order valence-electron chi connectivity index (χ3n) is 6.26. The van der Waals surface area contributed by atoms with E-state index in [1.807, 2.05) is 86.8 Å². The average Bonchev–Trinajstić information content (AvgIpc) is 3.54. The lowest BCUT2D eigenvalue weighted by molar-refractivity contribution is -0.142. The van der Waals surface area contributed by atoms with Gasteiger partial charge in [0.15, 0.2) is 0 Å². The van der Waals surface area contributed by atoms with Gasteiger partial charge >= 0.3 is 0 Å². The van der Waals surface area contributed by atoms with Gasteiger partial charge in [-0.15, -0.1) is 16.4 Å². The quantitative estimate of drug-likeness (QED) is 0.341. The number of carbonyl (C=O) groups is 2. The number of ether oxygens (including phenoxy) is 1. The van der Waals surface area contributed by atoms with Crippen molar-refractivity contribution in [3.63, 3.8) is 0 Å². The second-order valence-corrected chi connectivity index (χ2v) is 10.2. The Labute approximate surface area is 214 Å². The SMILES string of the molecule is CCC(C)(C)NC(=O)C(c1cccs1)N(Cc1ccc(OC)cc1)C(=O)Cn1nnc2ccccc21. The Bertz CT molecular complexity index is 1310. The number of fused-ring (bicyclic) bond motifs is 1. The van der Waals surface area contributed by atoms with Crippen molar-refractivity contribution in [2.24, 2.45) is 0 Å². The van der Waals surface area contributed by atoms with E-state index in [9.17, 15) is 9.59 Å². The molecule has 9 heteroatoms. The minimum atomic E-state index is -0.791. The number of nitrogens with one attached hydrogen (secondary N) is 1. The molecule has 0 aliphatic rings. The number of nitrogens with zero attached hydrogens (tertiary/aromatic N) is 4. The molecule has 0 aliphatic heterocycles. The summed E-state index contributed by atoms with van der Waals surface area (Å²) in [5, 5.41) is 13.4. The van der Waals surface area contributed by atoms with Crippen LogP contribution in [0.4, 0.5) is 0 Å². The van der Waals surface area contributed by atoms with Crippen molar-refractivity contribution in [3.8, 4) is 5.75 Å². The molecule has 8 nitrogen and oxygen atoms in total. The summed E-state index contributed by atoms with van der Waals surface area (Å²) < 4.78 is 6.86. The highest BCUT2D eigenvalue weighted by molar-refractivity contribution is 7.10. The van der Waals surface area contributed by atoms with E-state index in [0.717, 1.165) is 28.1 Å². The minimum Gasteiger partial charge on any atom is -0.497 e. The fraction of sp³-hybridized carbons (Fsp3) is 0.333. The molecule has 1 N–H and O–H groups in total. The maximum absolute atomic E-state index is 13.9. The topological polar surface area (TPSA) is 89.4 Å². The molecule has 1 atom stereocenters. The van der Waals surface area contributed by atoms with Gasteiger partial charge in [0, 0.05) is 17.0 Å². The van der Waals surface area contributed by atoms with Gasteiger partial charge in [0.1, 0.15) is 23.9 Å². The Kier molecular flexibility index (Phi) is 7.69. The van der Waals surface area contributed by atoms with Gasteiger partial charge in [-0.2, -0.15) is 0 Å². The molecule has 2 amide bonds. The zero-order chi connectivity index (χ0) is 25.7. The number of para-hydroxylation sites is 1. The normalized spacial score (nSPS) is 12.3. The first-order valence-electron chi connectivity index (χ1n) is 11.9. The zero-order valence-electron chi connectivity index (χ0n) is 21.0. The number of rotatable bonds is 10. The second-order valence-electron chi connectivity index (χ2n) is 9.25. The minimum absolute atomic E-state index is 0.0387. The van der Waals surface area contributed by atoms with E-state index in [-0.39, 0.29) is 24.9 Å². The molecule has 0 saturated heterocycles. The lowest BCUT2D eigenvalue weighted by Crippen LogP contribution is -2.50. The van der Waals surface area contributed by atoms with E-state index in [1.165, 1.54) is 11.3 Å². The molecule has 2 aromatic heterocycles. The van der Waals surface area contributed by atoms with E-state index < -0.39 is 11.6 Å². The Morgan fingerprint density at radius 3 is 2.53 bits per heavy atom. The summed E-state index contributed by atoms with van der Waals surface area (Å²) in [6.45, 7) is 6.19. The third kappa shape index (κ3) is 5.73. The van der Waals surface area contributed by atoms with Crippen molar-refractivity contribution < 1.29 is 14.3 Å². The molecular formula is C27H31N5O3S. The smallest absolute Gasteiger partial charge is 0.248 e. The van der Waals surface area contributed by atoms with Gasteiger partial charge in [-0.25, -0.2) is 4.68 Å². The monoisotopic (exact) mass is 505 g/mol. The molecule has 1 unspecified atom stereocenters. The molecule has 188 valence electrons. The van der Waals surface area contributed by atoms with Crippen LogP contribution in [0.1, 0.15) is 43.7 Å². The van der Waals surface area contributed by atoms with Crippen LogP contribution >= 0.6 is 11.3 Å². The van der Waals surface area contributed by atoms with Crippen molar-refractivity contribution in [2.45, 2.75) is 51.9 Å². The number of carbonyl (C=O) groups excluding carboxylic acids is 2. The first-order chi connectivity index (χ1) is 17.3. The van der Waals surface area contributed by atoms with Crippen LogP contribution in [0.2, 0.25) is 0 Å². The summed E-state index contributed by atoms with van der Waals surface area (Å²) in [4.78, 5) is 30.0. The lowest BCUT2D eigenvalue weighted by Gasteiger charge is -2.34. The van der Waals surface area contributed by atoms with Gasteiger partial charge in [-0.3, -0.25) is 9.59 Å². The lowest BCUT2D eigenvalue weighted by atomic mass is 10.0. The zero-order valence-corrected chi connectivity index (χ0v) is 21.8. The number of hydrogen-bond donors (Lipinski definition) is 1. The molecule has 36 heavy (non-hydrogen) atoms. The highest BCUT2D eigenvalue weighted by Gasteiger charge is 2.35. The molecule has 4 aromatic rings. The van der Waals surface area contributed by atoms with E-state index in [2.05, 4.69) is 15.6 Å². The Morgan fingerprint density at radius 2 is 1.86 bits per heavy atom. The molecule has 0 aliphatic carbocycles. The summed E-state index contributed by atoms with van der Waals surface area (Å²) in [5.41, 5.74) is 1.95. The van der Waals surface area contributed by atoms with E-state index in [1.54, 1.807) is 16.7 Å². The van der Waals surface area contributed by atoms with Gasteiger partial charge in [-0.05, 0) is 61.5 Å². The van der Waals surface area contributed by atoms with Crippen molar-refractivity contribution >= 4 is 34.2 Å². The second kappa shape index (κ2) is 10.9. The van der Waals surface area contributed by atoms with Crippen LogP contribution in [0.3, 0.4) is 0 Å². The van der Waals surface area contributed by atoms with Gasteiger partial charge < -0.3 is 15.0 Å². The number of benzene rings is 2. The molecule has 0 saturated carbocycles. The van der Waals surface area contributed by atoms with Crippen LogP contribution in [-0.4, -0.2) is 44.4 Å². The van der Waals surface area contributed by atoms with Gasteiger partial charge in [-0.1, -0.05) is 42.5 Å². The van der Waals surface area contributed by atoms with Crippen LogP contribution in [-0.2, 0) is 22.7 Å². The molecule has 0 bridgehead atoms.